The molecule has 0 aliphatic carbocycles. The first-order chi connectivity index (χ1) is 5.88. The van der Waals surface area contributed by atoms with Crippen LogP contribution >= 0.6 is 0 Å². The van der Waals surface area contributed by atoms with Crippen LogP contribution in [-0.4, -0.2) is 31.8 Å². The minimum absolute atomic E-state index is 0.133. The van der Waals surface area contributed by atoms with Gasteiger partial charge in [0.05, 0.1) is 0 Å². The molecule has 2 aliphatic heterocycles. The number of rotatable bonds is 1. The highest BCUT2D eigenvalue weighted by molar-refractivity contribution is 4.90. The van der Waals surface area contributed by atoms with Gasteiger partial charge in [-0.1, -0.05) is 0 Å². The fraction of sp³-hybridized carbons (Fsp3) is 1.00. The third kappa shape index (κ3) is 1.62. The van der Waals surface area contributed by atoms with E-state index in [2.05, 4.69) is 10.6 Å². The van der Waals surface area contributed by atoms with E-state index in [4.69, 9.17) is 0 Å². The largest absolute Gasteiger partial charge is 0.316 e. The Morgan fingerprint density at radius 1 is 1.17 bits per heavy atom. The van der Waals surface area contributed by atoms with Gasteiger partial charge < -0.3 is 10.6 Å². The zero-order valence-electron chi connectivity index (χ0n) is 7.35. The van der Waals surface area contributed by atoms with Crippen molar-refractivity contribution in [2.75, 3.05) is 19.6 Å². The van der Waals surface area contributed by atoms with Crippen LogP contribution in [0.1, 0.15) is 19.3 Å². The van der Waals surface area contributed by atoms with Crippen molar-refractivity contribution in [3.8, 4) is 0 Å². The van der Waals surface area contributed by atoms with Crippen molar-refractivity contribution in [3.63, 3.8) is 0 Å². The third-order valence-corrected chi connectivity index (χ3v) is 3.03. The summed E-state index contributed by atoms with van der Waals surface area (Å²) in [6.07, 6.45) is 2.29. The lowest BCUT2D eigenvalue weighted by molar-refractivity contribution is 0.159. The number of halogens is 1. The molecule has 12 heavy (non-hydrogen) atoms. The van der Waals surface area contributed by atoms with Crippen LogP contribution in [0.25, 0.3) is 0 Å². The summed E-state index contributed by atoms with van der Waals surface area (Å²) in [6, 6.07) is 0.133. The van der Waals surface area contributed by atoms with Crippen LogP contribution in [0.2, 0.25) is 0 Å². The molecule has 2 saturated heterocycles. The average molecular weight is 172 g/mol. The second-order valence-electron chi connectivity index (χ2n) is 3.89. The SMILES string of the molecule is FC1CCCNC1C1CCNC1. The Balaban J connectivity index is 1.91. The molecule has 0 bridgehead atoms. The zero-order valence-corrected chi connectivity index (χ0v) is 7.35. The van der Waals surface area contributed by atoms with E-state index in [1.807, 2.05) is 0 Å². The Kier molecular flexibility index (Phi) is 2.61. The average Bonchev–Trinajstić information content (AvgIpc) is 2.57. The molecular formula is C9H17FN2. The molecule has 0 radical (unpaired) electrons. The first-order valence-electron chi connectivity index (χ1n) is 4.96. The van der Waals surface area contributed by atoms with Crippen LogP contribution in [0.3, 0.4) is 0 Å². The number of nitrogens with one attached hydrogen (secondary N) is 2. The van der Waals surface area contributed by atoms with Crippen LogP contribution in [0.4, 0.5) is 4.39 Å². The molecule has 0 aromatic heterocycles. The maximum Gasteiger partial charge on any atom is 0.116 e. The Labute approximate surface area is 72.9 Å². The monoisotopic (exact) mass is 172 g/mol. The van der Waals surface area contributed by atoms with Crippen molar-refractivity contribution in [1.82, 2.24) is 10.6 Å². The second-order valence-corrected chi connectivity index (χ2v) is 3.89. The molecule has 0 aromatic carbocycles. The van der Waals surface area contributed by atoms with Gasteiger partial charge in [-0.05, 0) is 44.8 Å². The minimum atomic E-state index is -0.608. The van der Waals surface area contributed by atoms with Gasteiger partial charge >= 0.3 is 0 Å². The van der Waals surface area contributed by atoms with Crippen molar-refractivity contribution in [1.29, 1.82) is 0 Å². The normalized spacial score (nSPS) is 43.2. The van der Waals surface area contributed by atoms with Gasteiger partial charge in [-0.3, -0.25) is 0 Å². The molecule has 2 rings (SSSR count). The van der Waals surface area contributed by atoms with Gasteiger partial charge in [0, 0.05) is 6.04 Å². The summed E-state index contributed by atoms with van der Waals surface area (Å²) < 4.78 is 13.4. The van der Waals surface area contributed by atoms with Gasteiger partial charge in [0.15, 0.2) is 0 Å². The third-order valence-electron chi connectivity index (χ3n) is 3.03. The molecule has 3 unspecified atom stereocenters. The summed E-state index contributed by atoms with van der Waals surface area (Å²) in [5.41, 5.74) is 0. The standard InChI is InChI=1S/C9H17FN2/c10-8-2-1-4-12-9(8)7-3-5-11-6-7/h7-9,11-12H,1-6H2. The quantitative estimate of drug-likeness (QED) is 0.608. The zero-order chi connectivity index (χ0) is 8.39. The van der Waals surface area contributed by atoms with Crippen LogP contribution in [-0.2, 0) is 0 Å². The summed E-state index contributed by atoms with van der Waals surface area (Å²) in [6.45, 7) is 3.06. The molecule has 0 saturated carbocycles. The molecule has 2 N–H and O–H groups in total. The molecular weight excluding hydrogens is 155 g/mol. The minimum Gasteiger partial charge on any atom is -0.316 e. The highest BCUT2D eigenvalue weighted by Crippen LogP contribution is 2.22. The van der Waals surface area contributed by atoms with Gasteiger partial charge in [0.1, 0.15) is 6.17 Å². The second kappa shape index (κ2) is 3.71. The maximum absolute atomic E-state index is 13.4. The smallest absolute Gasteiger partial charge is 0.116 e. The van der Waals surface area contributed by atoms with Gasteiger partial charge in [0.2, 0.25) is 0 Å². The predicted octanol–water partition coefficient (Wildman–Crippen LogP) is 0.686. The van der Waals surface area contributed by atoms with E-state index in [1.165, 1.54) is 0 Å². The maximum atomic E-state index is 13.4. The van der Waals surface area contributed by atoms with Crippen molar-refractivity contribution in [2.24, 2.45) is 5.92 Å². The number of piperidine rings is 1. The molecule has 0 amide bonds. The van der Waals surface area contributed by atoms with Crippen molar-refractivity contribution < 1.29 is 4.39 Å². The highest BCUT2D eigenvalue weighted by Gasteiger charge is 2.32. The summed E-state index contributed by atoms with van der Waals surface area (Å²) in [5, 5.41) is 6.58. The lowest BCUT2D eigenvalue weighted by Gasteiger charge is -2.31. The Morgan fingerprint density at radius 3 is 2.75 bits per heavy atom. The summed E-state index contributed by atoms with van der Waals surface area (Å²) in [5.74, 6) is 0.528. The summed E-state index contributed by atoms with van der Waals surface area (Å²) in [4.78, 5) is 0. The molecule has 2 aliphatic rings. The fourth-order valence-corrected chi connectivity index (χ4v) is 2.32. The molecule has 2 heterocycles. The first-order valence-corrected chi connectivity index (χ1v) is 4.96. The molecule has 2 fully saturated rings. The van der Waals surface area contributed by atoms with Gasteiger partial charge in [-0.15, -0.1) is 0 Å². The molecule has 3 heteroatoms. The van der Waals surface area contributed by atoms with Gasteiger partial charge in [0.25, 0.3) is 0 Å². The van der Waals surface area contributed by atoms with Crippen LogP contribution in [0.5, 0.6) is 0 Å². The molecule has 0 spiro atoms. The topological polar surface area (TPSA) is 24.1 Å². The molecule has 2 nitrogen and oxygen atoms in total. The molecule has 3 atom stereocenters. The summed E-state index contributed by atoms with van der Waals surface area (Å²) in [7, 11) is 0. The lowest BCUT2D eigenvalue weighted by atomic mass is 9.90. The lowest BCUT2D eigenvalue weighted by Crippen LogP contribution is -2.48. The molecule has 70 valence electrons. The Morgan fingerprint density at radius 2 is 2.08 bits per heavy atom. The van der Waals surface area contributed by atoms with Gasteiger partial charge in [-0.2, -0.15) is 0 Å². The highest BCUT2D eigenvalue weighted by atomic mass is 19.1. The van der Waals surface area contributed by atoms with E-state index in [9.17, 15) is 4.39 Å². The van der Waals surface area contributed by atoms with Crippen molar-refractivity contribution in [2.45, 2.75) is 31.5 Å². The van der Waals surface area contributed by atoms with E-state index < -0.39 is 6.17 Å². The molecule has 0 aromatic rings. The van der Waals surface area contributed by atoms with Crippen LogP contribution < -0.4 is 10.6 Å². The first kappa shape index (κ1) is 8.45. The predicted molar refractivity (Wildman–Crippen MR) is 46.9 cm³/mol. The Hall–Kier alpha value is -0.150. The van der Waals surface area contributed by atoms with Crippen LogP contribution in [0, 0.1) is 5.92 Å². The van der Waals surface area contributed by atoms with E-state index in [0.29, 0.717) is 5.92 Å². The summed E-state index contributed by atoms with van der Waals surface area (Å²) >= 11 is 0. The van der Waals surface area contributed by atoms with E-state index in [0.717, 1.165) is 38.9 Å². The fourth-order valence-electron chi connectivity index (χ4n) is 2.32. The van der Waals surface area contributed by atoms with E-state index in [-0.39, 0.29) is 6.04 Å². The Bertz CT molecular complexity index is 145. The van der Waals surface area contributed by atoms with Gasteiger partial charge in [-0.25, -0.2) is 4.39 Å². The van der Waals surface area contributed by atoms with E-state index >= 15 is 0 Å². The number of hydrogen-bond donors (Lipinski definition) is 2. The number of alkyl halides is 1. The van der Waals surface area contributed by atoms with Crippen molar-refractivity contribution in [3.05, 3.63) is 0 Å². The van der Waals surface area contributed by atoms with E-state index in [1.54, 1.807) is 0 Å². The number of hydrogen-bond acceptors (Lipinski definition) is 2. The van der Waals surface area contributed by atoms with Crippen LogP contribution in [0.15, 0.2) is 0 Å². The van der Waals surface area contributed by atoms with Crippen molar-refractivity contribution >= 4 is 0 Å².